The van der Waals surface area contributed by atoms with Crippen LogP contribution < -0.4 is 0 Å². The molecule has 0 unspecified atom stereocenters. The highest BCUT2D eigenvalue weighted by molar-refractivity contribution is 9.11. The largest absolute Gasteiger partial charge is 0.500 e. The fraction of sp³-hybridized carbons (Fsp3) is 0.778. The lowest BCUT2D eigenvalue weighted by Gasteiger charge is -2.15. The maximum atomic E-state index is 5.32. The summed E-state index contributed by atoms with van der Waals surface area (Å²) in [4.78, 5) is 0. The molecule has 0 saturated heterocycles. The zero-order valence-corrected chi connectivity index (χ0v) is 9.96. The molecule has 13 heavy (non-hydrogen) atoms. The Morgan fingerprint density at radius 3 is 2.08 bits per heavy atom. The van der Waals surface area contributed by atoms with Gasteiger partial charge in [-0.25, -0.2) is 0 Å². The van der Waals surface area contributed by atoms with E-state index in [1.165, 1.54) is 0 Å². The minimum atomic E-state index is -0.346. The lowest BCUT2D eigenvalue weighted by Crippen LogP contribution is -2.17. The molecule has 4 heteroatoms. The molecule has 0 atom stereocenters. The Morgan fingerprint density at radius 1 is 1.15 bits per heavy atom. The van der Waals surface area contributed by atoms with Gasteiger partial charge in [0, 0.05) is 13.2 Å². The second-order valence-electron chi connectivity index (χ2n) is 2.20. The first-order valence-electron chi connectivity index (χ1n) is 4.46. The summed E-state index contributed by atoms with van der Waals surface area (Å²) < 4.78 is 16.5. The molecule has 0 aliphatic carbocycles. The van der Waals surface area contributed by atoms with Crippen molar-refractivity contribution < 1.29 is 14.2 Å². The molecule has 0 aliphatic rings. The summed E-state index contributed by atoms with van der Waals surface area (Å²) in [6.45, 7) is 7.63. The summed E-state index contributed by atoms with van der Waals surface area (Å²) in [5.74, 6) is 0. The van der Waals surface area contributed by atoms with Crippen molar-refractivity contribution in [2.24, 2.45) is 0 Å². The molecule has 78 valence electrons. The molecule has 0 aromatic rings. The molecule has 0 bridgehead atoms. The number of rotatable bonds is 7. The van der Waals surface area contributed by atoms with E-state index in [2.05, 4.69) is 15.9 Å². The van der Waals surface area contributed by atoms with Gasteiger partial charge in [0.05, 0.1) is 17.4 Å². The maximum Gasteiger partial charge on any atom is 0.193 e. The summed E-state index contributed by atoms with van der Waals surface area (Å²) in [5, 5.41) is 0. The second-order valence-corrected chi connectivity index (χ2v) is 3.12. The first-order chi connectivity index (χ1) is 6.26. The first kappa shape index (κ1) is 12.9. The highest BCUT2D eigenvalue weighted by atomic mass is 79.9. The van der Waals surface area contributed by atoms with Gasteiger partial charge in [-0.1, -0.05) is 0 Å². The van der Waals surface area contributed by atoms with Crippen LogP contribution in [0.1, 0.15) is 20.8 Å². The molecule has 0 amide bonds. The van der Waals surface area contributed by atoms with Crippen LogP contribution in [0.2, 0.25) is 0 Å². The van der Waals surface area contributed by atoms with Gasteiger partial charge in [0.25, 0.3) is 0 Å². The van der Waals surface area contributed by atoms with Crippen LogP contribution in [-0.2, 0) is 14.2 Å². The van der Waals surface area contributed by atoms with Crippen molar-refractivity contribution in [3.63, 3.8) is 0 Å². The van der Waals surface area contributed by atoms with E-state index in [1.807, 2.05) is 20.8 Å². The Kier molecular flexibility index (Phi) is 8.49. The average Bonchev–Trinajstić information content (AvgIpc) is 2.14. The fourth-order valence-corrected chi connectivity index (χ4v) is 1.13. The molecule has 0 aliphatic heterocycles. The van der Waals surface area contributed by atoms with Crippen molar-refractivity contribution in [1.82, 2.24) is 0 Å². The third kappa shape index (κ3) is 6.07. The molecule has 0 saturated carbocycles. The van der Waals surface area contributed by atoms with Gasteiger partial charge in [-0.15, -0.1) is 0 Å². The zero-order valence-electron chi connectivity index (χ0n) is 8.38. The van der Waals surface area contributed by atoms with Gasteiger partial charge in [-0.3, -0.25) is 0 Å². The van der Waals surface area contributed by atoms with Gasteiger partial charge in [0.1, 0.15) is 0 Å². The van der Waals surface area contributed by atoms with Crippen LogP contribution >= 0.6 is 15.9 Å². The Morgan fingerprint density at radius 2 is 1.69 bits per heavy atom. The van der Waals surface area contributed by atoms with Gasteiger partial charge < -0.3 is 14.2 Å². The van der Waals surface area contributed by atoms with Crippen LogP contribution in [0.25, 0.3) is 0 Å². The number of halogens is 1. The van der Waals surface area contributed by atoms with Crippen molar-refractivity contribution in [1.29, 1.82) is 0 Å². The Labute approximate surface area is 88.2 Å². The predicted octanol–water partition coefficient (Wildman–Crippen LogP) is 2.66. The van der Waals surface area contributed by atoms with Crippen LogP contribution in [0.3, 0.4) is 0 Å². The molecule has 0 radical (unpaired) electrons. The van der Waals surface area contributed by atoms with E-state index in [-0.39, 0.29) is 6.29 Å². The van der Waals surface area contributed by atoms with Gasteiger partial charge in [0.2, 0.25) is 0 Å². The first-order valence-corrected chi connectivity index (χ1v) is 5.25. The van der Waals surface area contributed by atoms with E-state index in [0.717, 1.165) is 4.48 Å². The molecular weight excluding hydrogens is 236 g/mol. The Bertz CT molecular complexity index is 142. The average molecular weight is 253 g/mol. The number of ether oxygens (including phenoxy) is 3. The van der Waals surface area contributed by atoms with Crippen molar-refractivity contribution in [2.45, 2.75) is 27.1 Å². The van der Waals surface area contributed by atoms with E-state index < -0.39 is 0 Å². The Balaban J connectivity index is 4.00. The normalized spacial score (nSPS) is 12.2. The fourth-order valence-electron chi connectivity index (χ4n) is 0.729. The number of hydrogen-bond acceptors (Lipinski definition) is 3. The molecule has 0 aromatic carbocycles. The summed E-state index contributed by atoms with van der Waals surface area (Å²) in [7, 11) is 0. The van der Waals surface area contributed by atoms with Crippen molar-refractivity contribution in [3.8, 4) is 0 Å². The van der Waals surface area contributed by atoms with Crippen molar-refractivity contribution >= 4 is 15.9 Å². The van der Waals surface area contributed by atoms with Crippen LogP contribution in [0, 0.1) is 0 Å². The molecular formula is C9H17BrO3. The molecule has 0 rings (SSSR count). The van der Waals surface area contributed by atoms with Gasteiger partial charge >= 0.3 is 0 Å². The molecule has 0 heterocycles. The van der Waals surface area contributed by atoms with E-state index in [9.17, 15) is 0 Å². The zero-order chi connectivity index (χ0) is 10.1. The lowest BCUT2D eigenvalue weighted by molar-refractivity contribution is -0.106. The lowest BCUT2D eigenvalue weighted by atomic mass is 10.6. The highest BCUT2D eigenvalue weighted by Gasteiger charge is 2.11. The Hall–Kier alpha value is -0.0600. The smallest absolute Gasteiger partial charge is 0.193 e. The maximum absolute atomic E-state index is 5.32. The van der Waals surface area contributed by atoms with E-state index in [1.54, 1.807) is 6.26 Å². The predicted molar refractivity (Wildman–Crippen MR) is 55.7 cm³/mol. The topological polar surface area (TPSA) is 27.7 Å². The van der Waals surface area contributed by atoms with Crippen LogP contribution in [0.4, 0.5) is 0 Å². The summed E-state index contributed by atoms with van der Waals surface area (Å²) >= 11 is 3.33. The second kappa shape index (κ2) is 8.53. The molecule has 0 spiro atoms. The van der Waals surface area contributed by atoms with Gasteiger partial charge in [0.15, 0.2) is 6.29 Å². The summed E-state index contributed by atoms with van der Waals surface area (Å²) in [6, 6.07) is 0. The third-order valence-electron chi connectivity index (χ3n) is 1.22. The third-order valence-corrected chi connectivity index (χ3v) is 1.78. The highest BCUT2D eigenvalue weighted by Crippen LogP contribution is 2.15. The van der Waals surface area contributed by atoms with Crippen molar-refractivity contribution in [3.05, 3.63) is 10.7 Å². The molecule has 0 fully saturated rings. The SMILES string of the molecule is CCOC=C(Br)C(OCC)OCC. The molecule has 0 aromatic heterocycles. The van der Waals surface area contributed by atoms with Gasteiger partial charge in [-0.2, -0.15) is 0 Å². The van der Waals surface area contributed by atoms with Crippen molar-refractivity contribution in [2.75, 3.05) is 19.8 Å². The minimum absolute atomic E-state index is 0.346. The minimum Gasteiger partial charge on any atom is -0.500 e. The van der Waals surface area contributed by atoms with Crippen LogP contribution in [0.15, 0.2) is 10.7 Å². The summed E-state index contributed by atoms with van der Waals surface area (Å²) in [6.07, 6.45) is 1.26. The molecule has 3 nitrogen and oxygen atoms in total. The van der Waals surface area contributed by atoms with E-state index in [0.29, 0.717) is 19.8 Å². The molecule has 0 N–H and O–H groups in total. The van der Waals surface area contributed by atoms with Gasteiger partial charge in [-0.05, 0) is 36.7 Å². The van der Waals surface area contributed by atoms with Crippen LogP contribution in [0.5, 0.6) is 0 Å². The quantitative estimate of drug-likeness (QED) is 0.515. The van der Waals surface area contributed by atoms with E-state index >= 15 is 0 Å². The van der Waals surface area contributed by atoms with Crippen LogP contribution in [-0.4, -0.2) is 26.1 Å². The monoisotopic (exact) mass is 252 g/mol. The number of hydrogen-bond donors (Lipinski definition) is 0. The summed E-state index contributed by atoms with van der Waals surface area (Å²) in [5.41, 5.74) is 0. The van der Waals surface area contributed by atoms with E-state index in [4.69, 9.17) is 14.2 Å². The standard InChI is InChI=1S/C9H17BrO3/c1-4-11-7-8(10)9(12-5-2)13-6-3/h7,9H,4-6H2,1-3H3.